The molecule has 0 radical (unpaired) electrons. The molecular formula is C13H21N3O. The van der Waals surface area contributed by atoms with Gasteiger partial charge < -0.3 is 5.32 Å². The molecule has 4 heteroatoms. The summed E-state index contributed by atoms with van der Waals surface area (Å²) >= 11 is 0. The van der Waals surface area contributed by atoms with Crippen molar-refractivity contribution in [1.82, 2.24) is 15.1 Å². The Hall–Kier alpha value is -1.32. The van der Waals surface area contributed by atoms with E-state index in [1.807, 2.05) is 11.6 Å². The van der Waals surface area contributed by atoms with Crippen LogP contribution in [-0.4, -0.2) is 15.7 Å². The molecule has 1 aliphatic rings. The van der Waals surface area contributed by atoms with E-state index in [4.69, 9.17) is 0 Å². The van der Waals surface area contributed by atoms with E-state index in [0.717, 1.165) is 25.0 Å². The highest BCUT2D eigenvalue weighted by Crippen LogP contribution is 2.29. The third kappa shape index (κ3) is 2.51. The number of rotatable bonds is 3. The van der Waals surface area contributed by atoms with Crippen LogP contribution < -0.4 is 5.32 Å². The van der Waals surface area contributed by atoms with Crippen LogP contribution in [0, 0.1) is 0 Å². The molecule has 0 aliphatic heterocycles. The summed E-state index contributed by atoms with van der Waals surface area (Å²) in [5, 5.41) is 7.68. The van der Waals surface area contributed by atoms with Crippen LogP contribution in [0.15, 0.2) is 6.20 Å². The maximum atomic E-state index is 11.5. The van der Waals surface area contributed by atoms with Gasteiger partial charge in [0, 0.05) is 18.7 Å². The minimum Gasteiger partial charge on any atom is -0.348 e. The largest absolute Gasteiger partial charge is 0.348 e. The van der Waals surface area contributed by atoms with Gasteiger partial charge in [0.15, 0.2) is 0 Å². The minimum absolute atomic E-state index is 0.113. The molecule has 1 aliphatic carbocycles. The van der Waals surface area contributed by atoms with Crippen LogP contribution >= 0.6 is 0 Å². The monoisotopic (exact) mass is 235 g/mol. The quantitative estimate of drug-likeness (QED) is 0.874. The Balaban J connectivity index is 2.21. The van der Waals surface area contributed by atoms with Crippen LogP contribution in [0.3, 0.4) is 0 Å². The molecule has 94 valence electrons. The number of aromatic nitrogens is 2. The molecule has 17 heavy (non-hydrogen) atoms. The molecule has 4 nitrogen and oxygen atoms in total. The number of carbonyl (C=O) groups excluding carboxylic acids is 1. The molecule has 0 saturated heterocycles. The van der Waals surface area contributed by atoms with Gasteiger partial charge in [0.25, 0.3) is 0 Å². The van der Waals surface area contributed by atoms with E-state index >= 15 is 0 Å². The van der Waals surface area contributed by atoms with E-state index in [2.05, 4.69) is 30.5 Å². The van der Waals surface area contributed by atoms with Gasteiger partial charge in [-0.1, -0.05) is 6.92 Å². The van der Waals surface area contributed by atoms with Crippen LogP contribution in [0.5, 0.6) is 0 Å². The van der Waals surface area contributed by atoms with Crippen molar-refractivity contribution >= 4 is 5.91 Å². The summed E-state index contributed by atoms with van der Waals surface area (Å²) in [4.78, 5) is 11.5. The second kappa shape index (κ2) is 4.90. The van der Waals surface area contributed by atoms with E-state index in [1.54, 1.807) is 0 Å². The zero-order valence-corrected chi connectivity index (χ0v) is 10.9. The second-order valence-corrected chi connectivity index (χ2v) is 4.98. The molecule has 1 heterocycles. The van der Waals surface area contributed by atoms with Gasteiger partial charge in [0.2, 0.25) is 5.91 Å². The Kier molecular flexibility index (Phi) is 3.50. The summed E-state index contributed by atoms with van der Waals surface area (Å²) < 4.78 is 2.00. The molecule has 0 spiro atoms. The maximum absolute atomic E-state index is 11.5. The van der Waals surface area contributed by atoms with Gasteiger partial charge in [-0.05, 0) is 38.7 Å². The molecule has 1 atom stereocenters. The maximum Gasteiger partial charge on any atom is 0.220 e. The lowest BCUT2D eigenvalue weighted by Gasteiger charge is -2.21. The van der Waals surface area contributed by atoms with Crippen molar-refractivity contribution in [1.29, 1.82) is 0 Å². The van der Waals surface area contributed by atoms with Gasteiger partial charge in [-0.25, -0.2) is 0 Å². The molecule has 1 aromatic rings. The number of carbonyl (C=O) groups is 1. The van der Waals surface area contributed by atoms with Gasteiger partial charge in [0.1, 0.15) is 0 Å². The summed E-state index contributed by atoms with van der Waals surface area (Å²) in [7, 11) is 0. The second-order valence-electron chi connectivity index (χ2n) is 4.98. The van der Waals surface area contributed by atoms with Crippen molar-refractivity contribution in [2.24, 2.45) is 0 Å². The lowest BCUT2D eigenvalue weighted by atomic mass is 9.93. The summed E-state index contributed by atoms with van der Waals surface area (Å²) in [5.41, 5.74) is 2.37. The summed E-state index contributed by atoms with van der Waals surface area (Å²) in [6.07, 6.45) is 5.89. The minimum atomic E-state index is 0.113. The predicted octanol–water partition coefficient (Wildman–Crippen LogP) is 2.37. The Morgan fingerprint density at radius 2 is 2.41 bits per heavy atom. The fraction of sp³-hybridized carbons (Fsp3) is 0.692. The highest BCUT2D eigenvalue weighted by molar-refractivity contribution is 5.76. The molecular weight excluding hydrogens is 214 g/mol. The Morgan fingerprint density at radius 1 is 1.65 bits per heavy atom. The Bertz CT molecular complexity index is 409. The van der Waals surface area contributed by atoms with Gasteiger partial charge in [-0.15, -0.1) is 0 Å². The van der Waals surface area contributed by atoms with Crippen molar-refractivity contribution in [3.05, 3.63) is 17.5 Å². The fourth-order valence-corrected chi connectivity index (χ4v) is 2.26. The first kappa shape index (κ1) is 12.1. The van der Waals surface area contributed by atoms with Crippen molar-refractivity contribution < 1.29 is 4.79 Å². The molecule has 1 N–H and O–H groups in total. The van der Waals surface area contributed by atoms with Crippen molar-refractivity contribution in [3.8, 4) is 0 Å². The zero-order valence-electron chi connectivity index (χ0n) is 10.9. The number of fused-ring (bicyclic) bond motifs is 1. The van der Waals surface area contributed by atoms with Crippen LogP contribution in [0.25, 0.3) is 0 Å². The van der Waals surface area contributed by atoms with Gasteiger partial charge in [0.05, 0.1) is 11.7 Å². The van der Waals surface area contributed by atoms with Crippen molar-refractivity contribution in [3.63, 3.8) is 0 Å². The van der Waals surface area contributed by atoms with E-state index in [9.17, 15) is 4.79 Å². The van der Waals surface area contributed by atoms with Gasteiger partial charge in [-0.2, -0.15) is 5.10 Å². The molecule has 2 rings (SSSR count). The smallest absolute Gasteiger partial charge is 0.220 e. The number of amides is 1. The van der Waals surface area contributed by atoms with Crippen LogP contribution in [0.2, 0.25) is 0 Å². The Morgan fingerprint density at radius 3 is 3.06 bits per heavy atom. The molecule has 1 amide bonds. The van der Waals surface area contributed by atoms with Crippen molar-refractivity contribution in [2.75, 3.05) is 0 Å². The fourth-order valence-electron chi connectivity index (χ4n) is 2.26. The van der Waals surface area contributed by atoms with E-state index < -0.39 is 0 Å². The standard InChI is InChI=1S/C13H21N3O/c1-4-12(17)14-11-7-5-6-10-8-16(9(2)3)15-13(10)11/h8-9,11H,4-7H2,1-3H3,(H,14,17). The average molecular weight is 235 g/mol. The first-order chi connectivity index (χ1) is 8.11. The predicted molar refractivity (Wildman–Crippen MR) is 66.7 cm³/mol. The molecule has 0 aromatic carbocycles. The Labute approximate surface area is 102 Å². The normalized spacial score (nSPS) is 19.2. The van der Waals surface area contributed by atoms with Crippen molar-refractivity contribution in [2.45, 2.75) is 58.5 Å². The number of nitrogens with zero attached hydrogens (tertiary/aromatic N) is 2. The first-order valence-electron chi connectivity index (χ1n) is 6.49. The van der Waals surface area contributed by atoms with E-state index in [1.165, 1.54) is 5.56 Å². The third-order valence-electron chi connectivity index (χ3n) is 3.29. The molecule has 0 saturated carbocycles. The van der Waals surface area contributed by atoms with Crippen LogP contribution in [0.4, 0.5) is 0 Å². The summed E-state index contributed by atoms with van der Waals surface area (Å²) in [5.74, 6) is 0.113. The highest BCUT2D eigenvalue weighted by Gasteiger charge is 2.25. The lowest BCUT2D eigenvalue weighted by Crippen LogP contribution is -2.30. The summed E-state index contributed by atoms with van der Waals surface area (Å²) in [6.45, 7) is 6.13. The number of hydrogen-bond acceptors (Lipinski definition) is 2. The average Bonchev–Trinajstić information content (AvgIpc) is 2.74. The topological polar surface area (TPSA) is 46.9 Å². The molecule has 1 unspecified atom stereocenters. The van der Waals surface area contributed by atoms with Gasteiger partial charge >= 0.3 is 0 Å². The van der Waals surface area contributed by atoms with Crippen LogP contribution in [-0.2, 0) is 11.2 Å². The first-order valence-corrected chi connectivity index (χ1v) is 6.49. The van der Waals surface area contributed by atoms with E-state index in [0.29, 0.717) is 12.5 Å². The number of aryl methyl sites for hydroxylation is 1. The SMILES string of the molecule is CCC(=O)NC1CCCc2cn(C(C)C)nc21. The lowest BCUT2D eigenvalue weighted by molar-refractivity contribution is -0.121. The molecule has 0 fully saturated rings. The van der Waals surface area contributed by atoms with Crippen LogP contribution in [0.1, 0.15) is 63.4 Å². The van der Waals surface area contributed by atoms with Gasteiger partial charge in [-0.3, -0.25) is 9.48 Å². The number of nitrogens with one attached hydrogen (secondary N) is 1. The third-order valence-corrected chi connectivity index (χ3v) is 3.29. The zero-order chi connectivity index (χ0) is 12.4. The molecule has 1 aromatic heterocycles. The highest BCUT2D eigenvalue weighted by atomic mass is 16.1. The number of hydrogen-bond donors (Lipinski definition) is 1. The van der Waals surface area contributed by atoms with E-state index in [-0.39, 0.29) is 11.9 Å². The summed E-state index contributed by atoms with van der Waals surface area (Å²) in [6, 6.07) is 0.495. The molecule has 0 bridgehead atoms.